The molecule has 2 amide bonds. The van der Waals surface area contributed by atoms with Crippen molar-refractivity contribution in [1.29, 1.82) is 0 Å². The van der Waals surface area contributed by atoms with Gasteiger partial charge in [-0.1, -0.05) is 28.5 Å². The molecule has 1 unspecified atom stereocenters. The van der Waals surface area contributed by atoms with Crippen LogP contribution in [0.15, 0.2) is 39.8 Å². The van der Waals surface area contributed by atoms with E-state index in [9.17, 15) is 24.6 Å². The van der Waals surface area contributed by atoms with Crippen LogP contribution in [0.4, 0.5) is 0 Å². The van der Waals surface area contributed by atoms with Gasteiger partial charge in [-0.15, -0.1) is 16.9 Å². The molecule has 4 rings (SSSR count). The number of amides is 2. The van der Waals surface area contributed by atoms with Crippen molar-refractivity contribution in [3.63, 3.8) is 0 Å². The van der Waals surface area contributed by atoms with Crippen molar-refractivity contribution in [2.75, 3.05) is 18.1 Å². The molecule has 190 valence electrons. The molecule has 0 spiro atoms. The molecule has 2 aliphatic heterocycles. The largest absolute Gasteiger partial charge is 0.506 e. The smallest absolute Gasteiger partial charge is 0.352 e. The number of halogens is 1. The fourth-order valence-electron chi connectivity index (χ4n) is 3.38. The summed E-state index contributed by atoms with van der Waals surface area (Å²) < 4.78 is 1.33. The summed E-state index contributed by atoms with van der Waals surface area (Å²) in [7, 11) is 0. The molecule has 2 aromatic rings. The minimum Gasteiger partial charge on any atom is -0.506 e. The molecule has 0 bridgehead atoms. The summed E-state index contributed by atoms with van der Waals surface area (Å²) in [5.74, 6) is -1.36. The van der Waals surface area contributed by atoms with E-state index in [1.165, 1.54) is 51.3 Å². The summed E-state index contributed by atoms with van der Waals surface area (Å²) in [5.41, 5.74) is 0.872. The monoisotopic (exact) mass is 553 g/mol. The van der Waals surface area contributed by atoms with E-state index in [1.54, 1.807) is 6.92 Å². The molecule has 1 aromatic heterocycles. The minimum atomic E-state index is -1.15. The van der Waals surface area contributed by atoms with Gasteiger partial charge in [-0.25, -0.2) is 9.48 Å². The summed E-state index contributed by atoms with van der Waals surface area (Å²) >= 11 is 8.66. The fraction of sp³-hybridized carbons (Fsp3) is 0.350. The molecule has 0 saturated carbocycles. The number of hydrogen-bond acceptors (Lipinski definition) is 11. The number of carbonyl (C=O) groups excluding carboxylic acids is 2. The number of carboxylic acids is 1. The van der Waals surface area contributed by atoms with Crippen LogP contribution >= 0.6 is 35.1 Å². The van der Waals surface area contributed by atoms with Crippen molar-refractivity contribution in [3.05, 3.63) is 40.1 Å². The summed E-state index contributed by atoms with van der Waals surface area (Å²) in [6.07, 6.45) is 0.338. The zero-order chi connectivity index (χ0) is 25.8. The molecule has 1 atom stereocenters. The molecule has 1 fully saturated rings. The Kier molecular flexibility index (Phi) is 8.01. The van der Waals surface area contributed by atoms with Gasteiger partial charge in [-0.2, -0.15) is 0 Å². The number of fused-ring (bicyclic) bond motifs is 1. The highest BCUT2D eigenvalue weighted by Gasteiger charge is 2.45. The van der Waals surface area contributed by atoms with Gasteiger partial charge in [0.25, 0.3) is 5.91 Å². The second-order valence-electron chi connectivity index (χ2n) is 7.43. The number of β-lactam (4-membered cyclic amide) rings is 1. The molecule has 3 N–H and O–H groups in total. The maximum atomic E-state index is 12.9. The van der Waals surface area contributed by atoms with Crippen LogP contribution in [0, 0.1) is 0 Å². The minimum absolute atomic E-state index is 0.0131. The number of phenolic OH excluding ortho intramolecular Hbond substituents is 1. The fourth-order valence-corrected chi connectivity index (χ4v) is 5.84. The van der Waals surface area contributed by atoms with Gasteiger partial charge < -0.3 is 20.4 Å². The topological polar surface area (TPSA) is 172 Å². The van der Waals surface area contributed by atoms with Gasteiger partial charge in [-0.3, -0.25) is 14.5 Å². The number of benzene rings is 1. The predicted molar refractivity (Wildman–Crippen MR) is 130 cm³/mol. The number of thioether (sulfide) groups is 2. The summed E-state index contributed by atoms with van der Waals surface area (Å²) in [6, 6.07) is 4.19. The highest BCUT2D eigenvalue weighted by atomic mass is 35.5. The van der Waals surface area contributed by atoms with Crippen LogP contribution < -0.4 is 5.32 Å². The number of nitrogens with zero attached hydrogens (tertiary/aromatic N) is 6. The molecule has 0 radical (unpaired) electrons. The lowest BCUT2D eigenvalue weighted by Crippen LogP contribution is -2.54. The lowest BCUT2D eigenvalue weighted by Gasteiger charge is -2.43. The number of aromatic hydroxyl groups is 1. The van der Waals surface area contributed by atoms with Crippen molar-refractivity contribution in [2.24, 2.45) is 5.16 Å². The van der Waals surface area contributed by atoms with Crippen LogP contribution in [0.2, 0.25) is 5.02 Å². The third-order valence-electron chi connectivity index (χ3n) is 5.12. The molecule has 16 heteroatoms. The number of nitrogens with one attached hydrogen (secondary N) is 1. The lowest BCUT2D eigenvalue weighted by molar-refractivity contribution is -0.146. The van der Waals surface area contributed by atoms with Crippen LogP contribution in [0.5, 0.6) is 5.75 Å². The normalized spacial score (nSPS) is 17.5. The molecule has 36 heavy (non-hydrogen) atoms. The Morgan fingerprint density at radius 3 is 2.92 bits per heavy atom. The maximum absolute atomic E-state index is 12.9. The molecule has 3 heterocycles. The van der Waals surface area contributed by atoms with E-state index >= 15 is 0 Å². The predicted octanol–water partition coefficient (Wildman–Crippen LogP) is 1.28. The number of rotatable bonds is 10. The Labute approximate surface area is 217 Å². The van der Waals surface area contributed by atoms with E-state index in [0.717, 1.165) is 0 Å². The number of oxime groups is 1. The van der Waals surface area contributed by atoms with Crippen LogP contribution in [-0.4, -0.2) is 82.3 Å². The van der Waals surface area contributed by atoms with E-state index in [2.05, 4.69) is 26.0 Å². The van der Waals surface area contributed by atoms with Crippen molar-refractivity contribution in [1.82, 2.24) is 30.4 Å². The average molecular weight is 554 g/mol. The van der Waals surface area contributed by atoms with E-state index in [1.807, 2.05) is 0 Å². The molecule has 0 aliphatic carbocycles. The first-order valence-electron chi connectivity index (χ1n) is 10.5. The maximum Gasteiger partial charge on any atom is 0.352 e. The van der Waals surface area contributed by atoms with Gasteiger partial charge in [0.1, 0.15) is 24.7 Å². The Bertz CT molecular complexity index is 1270. The Morgan fingerprint density at radius 1 is 1.42 bits per heavy atom. The number of phenols is 1. The molecular formula is C20H20ClN7O6S2. The lowest BCUT2D eigenvalue weighted by atomic mass is 10.1. The SMILES string of the molecule is CCO/N=C(/C(=O)NCn1nnnc1SCC1=C(C(=O)O)N2C(=O)CC2SC1)c1ccc(O)c(Cl)c1. The molecule has 2 aliphatic rings. The van der Waals surface area contributed by atoms with E-state index in [4.69, 9.17) is 16.4 Å². The second-order valence-corrected chi connectivity index (χ2v) is 9.94. The number of hydrogen-bond donors (Lipinski definition) is 3. The third kappa shape index (κ3) is 5.42. The first kappa shape index (κ1) is 25.8. The summed E-state index contributed by atoms with van der Waals surface area (Å²) in [6.45, 7) is 1.82. The molecule has 1 aromatic carbocycles. The van der Waals surface area contributed by atoms with Crippen LogP contribution in [-0.2, 0) is 25.9 Å². The van der Waals surface area contributed by atoms with E-state index in [0.29, 0.717) is 28.5 Å². The zero-order valence-electron chi connectivity index (χ0n) is 18.8. The summed E-state index contributed by atoms with van der Waals surface area (Å²) in [5, 5.41) is 37.5. The highest BCUT2D eigenvalue weighted by Crippen LogP contribution is 2.41. The first-order chi connectivity index (χ1) is 17.3. The van der Waals surface area contributed by atoms with Crippen molar-refractivity contribution in [2.45, 2.75) is 30.5 Å². The van der Waals surface area contributed by atoms with Crippen molar-refractivity contribution < 1.29 is 29.4 Å². The number of tetrazole rings is 1. The van der Waals surface area contributed by atoms with Gasteiger partial charge >= 0.3 is 5.97 Å². The Morgan fingerprint density at radius 2 is 2.22 bits per heavy atom. The quantitative estimate of drug-likeness (QED) is 0.167. The van der Waals surface area contributed by atoms with Crippen molar-refractivity contribution in [3.8, 4) is 5.75 Å². The van der Waals surface area contributed by atoms with Crippen LogP contribution in [0.3, 0.4) is 0 Å². The first-order valence-corrected chi connectivity index (χ1v) is 13.0. The number of carbonyl (C=O) groups is 3. The highest BCUT2D eigenvalue weighted by molar-refractivity contribution is 8.00. The van der Waals surface area contributed by atoms with Crippen molar-refractivity contribution >= 4 is 58.6 Å². The molecular weight excluding hydrogens is 534 g/mol. The van der Waals surface area contributed by atoms with Crippen LogP contribution in [0.1, 0.15) is 18.9 Å². The van der Waals surface area contributed by atoms with Gasteiger partial charge in [0, 0.05) is 17.1 Å². The van der Waals surface area contributed by atoms with E-state index in [-0.39, 0.29) is 52.5 Å². The number of aromatic nitrogens is 4. The van der Waals surface area contributed by atoms with Gasteiger partial charge in [0.15, 0.2) is 5.71 Å². The second kappa shape index (κ2) is 11.2. The number of aliphatic carboxylic acids is 1. The van der Waals surface area contributed by atoms with Crippen LogP contribution in [0.25, 0.3) is 0 Å². The molecule has 13 nitrogen and oxygen atoms in total. The Balaban J connectivity index is 1.44. The van der Waals surface area contributed by atoms with Gasteiger partial charge in [-0.05, 0) is 41.1 Å². The van der Waals surface area contributed by atoms with Gasteiger partial charge in [0.2, 0.25) is 11.1 Å². The van der Waals surface area contributed by atoms with E-state index < -0.39 is 11.9 Å². The van der Waals surface area contributed by atoms with Gasteiger partial charge in [0.05, 0.1) is 16.8 Å². The average Bonchev–Trinajstić information content (AvgIpc) is 3.30. The molecule has 1 saturated heterocycles. The standard InChI is InChI=1S/C20H20ClN7O6S2/c1-2-34-24-16(10-3-4-13(29)12(21)5-10)18(31)22-9-27-20(23-25-26-27)36-8-11-7-35-15-6-14(30)28(15)17(11)19(32)33/h3-5,15,29H,2,6-9H2,1H3,(H,22,31)(H,32,33)/b24-16+. The Hall–Kier alpha value is -3.30. The number of carboxylic acid groups (broad SMARTS) is 1. The third-order valence-corrected chi connectivity index (χ3v) is 7.74. The zero-order valence-corrected chi connectivity index (χ0v) is 21.1. The summed E-state index contributed by atoms with van der Waals surface area (Å²) in [4.78, 5) is 42.9.